The SMILES string of the molecule is CCNC(=O)[C@@H](CC)N(Cc1ccc(Cl)cc1Cl)C(=O)CN(c1cccc(Cl)c1)S(=O)(=O)c1ccc(C)cc1. The van der Waals surface area contributed by atoms with Crippen LogP contribution in [0.5, 0.6) is 0 Å². The van der Waals surface area contributed by atoms with E-state index in [4.69, 9.17) is 34.8 Å². The number of hydrogen-bond donors (Lipinski definition) is 1. The van der Waals surface area contributed by atoms with Crippen molar-refractivity contribution in [2.75, 3.05) is 17.4 Å². The van der Waals surface area contributed by atoms with Gasteiger partial charge in [-0.25, -0.2) is 8.42 Å². The van der Waals surface area contributed by atoms with E-state index in [0.717, 1.165) is 9.87 Å². The average Bonchev–Trinajstić information content (AvgIpc) is 2.88. The van der Waals surface area contributed by atoms with E-state index in [-0.39, 0.29) is 23.0 Å². The van der Waals surface area contributed by atoms with Gasteiger partial charge in [0.2, 0.25) is 11.8 Å². The van der Waals surface area contributed by atoms with E-state index in [9.17, 15) is 18.0 Å². The fourth-order valence-electron chi connectivity index (χ4n) is 4.04. The quantitative estimate of drug-likeness (QED) is 0.285. The van der Waals surface area contributed by atoms with Crippen molar-refractivity contribution in [3.63, 3.8) is 0 Å². The van der Waals surface area contributed by atoms with Crippen molar-refractivity contribution < 1.29 is 18.0 Å². The van der Waals surface area contributed by atoms with Crippen LogP contribution in [0.4, 0.5) is 5.69 Å². The number of rotatable bonds is 11. The normalized spacial score (nSPS) is 12.1. The van der Waals surface area contributed by atoms with Crippen molar-refractivity contribution in [1.29, 1.82) is 0 Å². The van der Waals surface area contributed by atoms with Gasteiger partial charge in [0.15, 0.2) is 0 Å². The van der Waals surface area contributed by atoms with Gasteiger partial charge in [-0.05, 0) is 68.3 Å². The molecule has 0 radical (unpaired) electrons. The predicted molar refractivity (Wildman–Crippen MR) is 157 cm³/mol. The molecule has 0 heterocycles. The summed E-state index contributed by atoms with van der Waals surface area (Å²) >= 11 is 18.7. The zero-order chi connectivity index (χ0) is 28.7. The number of anilines is 1. The number of halogens is 3. The van der Waals surface area contributed by atoms with Gasteiger partial charge in [0.05, 0.1) is 10.6 Å². The van der Waals surface area contributed by atoms with Crippen molar-refractivity contribution in [3.8, 4) is 0 Å². The minimum Gasteiger partial charge on any atom is -0.355 e. The topological polar surface area (TPSA) is 86.8 Å². The molecular formula is C28H30Cl3N3O4S. The van der Waals surface area contributed by atoms with Gasteiger partial charge < -0.3 is 10.2 Å². The summed E-state index contributed by atoms with van der Waals surface area (Å²) in [4.78, 5) is 28.3. The summed E-state index contributed by atoms with van der Waals surface area (Å²) in [6.07, 6.45) is 0.296. The molecule has 3 aromatic carbocycles. The Kier molecular flexibility index (Phi) is 10.7. The Morgan fingerprint density at radius 1 is 0.923 bits per heavy atom. The molecule has 39 heavy (non-hydrogen) atoms. The number of aryl methyl sites for hydroxylation is 1. The summed E-state index contributed by atoms with van der Waals surface area (Å²) in [5, 5.41) is 3.82. The average molecular weight is 611 g/mol. The highest BCUT2D eigenvalue weighted by molar-refractivity contribution is 7.92. The van der Waals surface area contributed by atoms with Crippen molar-refractivity contribution >= 4 is 62.3 Å². The van der Waals surface area contributed by atoms with Crippen molar-refractivity contribution in [2.45, 2.75) is 44.7 Å². The molecule has 0 saturated carbocycles. The largest absolute Gasteiger partial charge is 0.355 e. The fraction of sp³-hybridized carbons (Fsp3) is 0.286. The lowest BCUT2D eigenvalue weighted by Crippen LogP contribution is -2.52. The molecule has 1 N–H and O–H groups in total. The van der Waals surface area contributed by atoms with Crippen LogP contribution in [0.25, 0.3) is 0 Å². The molecule has 0 unspecified atom stereocenters. The Bertz CT molecular complexity index is 1430. The Morgan fingerprint density at radius 3 is 2.18 bits per heavy atom. The maximum Gasteiger partial charge on any atom is 0.264 e. The van der Waals surface area contributed by atoms with Crippen LogP contribution in [0.15, 0.2) is 71.6 Å². The van der Waals surface area contributed by atoms with Crippen LogP contribution in [0.2, 0.25) is 15.1 Å². The summed E-state index contributed by atoms with van der Waals surface area (Å²) in [6, 6.07) is 16.6. The van der Waals surface area contributed by atoms with Gasteiger partial charge in [0.25, 0.3) is 10.0 Å². The Balaban J connectivity index is 2.08. The first-order valence-corrected chi connectivity index (χ1v) is 14.9. The number of sulfonamides is 1. The monoisotopic (exact) mass is 609 g/mol. The fourth-order valence-corrected chi connectivity index (χ4v) is 6.10. The van der Waals surface area contributed by atoms with E-state index in [0.29, 0.717) is 33.6 Å². The van der Waals surface area contributed by atoms with Crippen LogP contribution >= 0.6 is 34.8 Å². The predicted octanol–water partition coefficient (Wildman–Crippen LogP) is 6.09. The molecule has 0 bridgehead atoms. The van der Waals surface area contributed by atoms with E-state index < -0.39 is 28.5 Å². The molecule has 0 fully saturated rings. The summed E-state index contributed by atoms with van der Waals surface area (Å²) in [6.45, 7) is 5.18. The summed E-state index contributed by atoms with van der Waals surface area (Å²) in [5.41, 5.74) is 1.66. The van der Waals surface area contributed by atoms with Crippen LogP contribution in [-0.4, -0.2) is 44.3 Å². The van der Waals surface area contributed by atoms with Crippen LogP contribution in [0.1, 0.15) is 31.4 Å². The van der Waals surface area contributed by atoms with Gasteiger partial charge in [0.1, 0.15) is 12.6 Å². The van der Waals surface area contributed by atoms with Crippen LogP contribution in [-0.2, 0) is 26.2 Å². The molecule has 3 aromatic rings. The van der Waals surface area contributed by atoms with E-state index >= 15 is 0 Å². The molecule has 7 nitrogen and oxygen atoms in total. The van der Waals surface area contributed by atoms with Gasteiger partial charge in [0, 0.05) is 28.2 Å². The zero-order valence-electron chi connectivity index (χ0n) is 21.8. The summed E-state index contributed by atoms with van der Waals surface area (Å²) in [7, 11) is -4.18. The summed E-state index contributed by atoms with van der Waals surface area (Å²) in [5.74, 6) is -0.941. The third-order valence-corrected chi connectivity index (χ3v) is 8.69. The van der Waals surface area contributed by atoms with Crippen LogP contribution in [0, 0.1) is 6.92 Å². The number of hydrogen-bond acceptors (Lipinski definition) is 4. The van der Waals surface area contributed by atoms with Gasteiger partial charge in [-0.2, -0.15) is 0 Å². The van der Waals surface area contributed by atoms with Gasteiger partial charge in [-0.15, -0.1) is 0 Å². The van der Waals surface area contributed by atoms with Crippen LogP contribution in [0.3, 0.4) is 0 Å². The van der Waals surface area contributed by atoms with Crippen molar-refractivity contribution in [2.24, 2.45) is 0 Å². The molecule has 11 heteroatoms. The molecular weight excluding hydrogens is 581 g/mol. The Morgan fingerprint density at radius 2 is 1.59 bits per heavy atom. The number of amides is 2. The van der Waals surface area contributed by atoms with Gasteiger partial charge >= 0.3 is 0 Å². The Hall–Kier alpha value is -2.78. The first-order chi connectivity index (χ1) is 18.5. The molecule has 0 aliphatic heterocycles. The lowest BCUT2D eigenvalue weighted by atomic mass is 10.1. The second-order valence-electron chi connectivity index (χ2n) is 8.88. The zero-order valence-corrected chi connectivity index (χ0v) is 24.9. The summed E-state index contributed by atoms with van der Waals surface area (Å²) < 4.78 is 28.7. The maximum atomic E-state index is 14.0. The lowest BCUT2D eigenvalue weighted by Gasteiger charge is -2.33. The third kappa shape index (κ3) is 7.66. The number of likely N-dealkylation sites (N-methyl/N-ethyl adjacent to an activating group) is 1. The molecule has 208 valence electrons. The second kappa shape index (κ2) is 13.5. The highest BCUT2D eigenvalue weighted by Crippen LogP contribution is 2.28. The lowest BCUT2D eigenvalue weighted by molar-refractivity contribution is -0.140. The number of carbonyl (C=O) groups excluding carboxylic acids is 2. The third-order valence-electron chi connectivity index (χ3n) is 6.08. The van der Waals surface area contributed by atoms with Crippen molar-refractivity contribution in [1.82, 2.24) is 10.2 Å². The molecule has 0 spiro atoms. The minimum atomic E-state index is -4.18. The Labute approximate surface area is 244 Å². The molecule has 2 amide bonds. The standard InChI is InChI=1S/C28H30Cl3N3O4S/c1-4-26(28(36)32-5-2)33(17-20-11-12-22(30)16-25(20)31)27(35)18-34(23-8-6-7-21(29)15-23)39(37,38)24-13-9-19(3)10-14-24/h6-16,26H,4-5,17-18H2,1-3H3,(H,32,36)/t26-/m1/s1. The van der Waals surface area contributed by atoms with Gasteiger partial charge in [-0.3, -0.25) is 13.9 Å². The van der Waals surface area contributed by atoms with E-state index in [1.54, 1.807) is 62.4 Å². The highest BCUT2D eigenvalue weighted by atomic mass is 35.5. The number of nitrogens with one attached hydrogen (secondary N) is 1. The van der Waals surface area contributed by atoms with E-state index in [1.165, 1.54) is 23.1 Å². The highest BCUT2D eigenvalue weighted by Gasteiger charge is 2.34. The molecule has 0 aliphatic rings. The van der Waals surface area contributed by atoms with Crippen LogP contribution < -0.4 is 9.62 Å². The van der Waals surface area contributed by atoms with Gasteiger partial charge in [-0.1, -0.05) is 71.6 Å². The van der Waals surface area contributed by atoms with Crippen molar-refractivity contribution in [3.05, 3.63) is 92.9 Å². The van der Waals surface area contributed by atoms with E-state index in [2.05, 4.69) is 5.32 Å². The number of carbonyl (C=O) groups is 2. The first kappa shape index (κ1) is 30.8. The molecule has 1 atom stereocenters. The molecule has 0 aromatic heterocycles. The minimum absolute atomic E-state index is 0.0175. The second-order valence-corrected chi connectivity index (χ2v) is 12.0. The first-order valence-electron chi connectivity index (χ1n) is 12.3. The maximum absolute atomic E-state index is 14.0. The van der Waals surface area contributed by atoms with E-state index in [1.807, 2.05) is 6.92 Å². The number of nitrogens with zero attached hydrogens (tertiary/aromatic N) is 2. The molecule has 3 rings (SSSR count). The smallest absolute Gasteiger partial charge is 0.264 e. The molecule has 0 aliphatic carbocycles. The number of benzene rings is 3. The molecule has 0 saturated heterocycles.